The number of hydrogen-bond acceptors (Lipinski definition) is 5. The van der Waals surface area contributed by atoms with E-state index >= 15 is 0 Å². The van der Waals surface area contributed by atoms with Gasteiger partial charge in [-0.1, -0.05) is 6.07 Å². The van der Waals surface area contributed by atoms with Gasteiger partial charge in [0.05, 0.1) is 5.52 Å². The average Bonchev–Trinajstić information content (AvgIpc) is 2.85. The summed E-state index contributed by atoms with van der Waals surface area (Å²) in [6, 6.07) is 20.7. The van der Waals surface area contributed by atoms with Crippen LogP contribution in [0.25, 0.3) is 10.9 Å². The standard InChI is InChI=1S/C27H19F2N5O/c28-18-4-5-25-24(15-18)26(8-11-31-25)33-21-3-1-2-17(12-21)27(35)34-23-14-19(29)13-22(16-23)32-20-6-9-30-10-7-20/h1-16H,(H,30,32)(H,31,33)(H,34,35). The Kier molecular flexibility index (Phi) is 6.00. The summed E-state index contributed by atoms with van der Waals surface area (Å²) in [7, 11) is 0. The predicted molar refractivity (Wildman–Crippen MR) is 133 cm³/mol. The molecule has 172 valence electrons. The lowest BCUT2D eigenvalue weighted by atomic mass is 10.1. The van der Waals surface area contributed by atoms with Crippen LogP contribution in [0.5, 0.6) is 0 Å². The molecule has 0 saturated heterocycles. The first-order chi connectivity index (χ1) is 17.0. The number of hydrogen-bond donors (Lipinski definition) is 3. The Labute approximate surface area is 199 Å². The third-order valence-corrected chi connectivity index (χ3v) is 5.23. The van der Waals surface area contributed by atoms with Crippen molar-refractivity contribution in [2.75, 3.05) is 16.0 Å². The molecule has 3 aromatic carbocycles. The van der Waals surface area contributed by atoms with Gasteiger partial charge in [-0.3, -0.25) is 14.8 Å². The van der Waals surface area contributed by atoms with Crippen molar-refractivity contribution in [3.05, 3.63) is 115 Å². The summed E-state index contributed by atoms with van der Waals surface area (Å²) in [5.41, 5.74) is 3.84. The van der Waals surface area contributed by atoms with E-state index in [1.165, 1.54) is 24.3 Å². The van der Waals surface area contributed by atoms with Crippen LogP contribution >= 0.6 is 0 Å². The van der Waals surface area contributed by atoms with Crippen LogP contribution in [-0.2, 0) is 0 Å². The van der Waals surface area contributed by atoms with E-state index in [1.54, 1.807) is 73.2 Å². The van der Waals surface area contributed by atoms with Gasteiger partial charge in [0.25, 0.3) is 5.91 Å². The number of nitrogens with zero attached hydrogens (tertiary/aromatic N) is 2. The first-order valence-corrected chi connectivity index (χ1v) is 10.7. The molecule has 0 aliphatic carbocycles. The van der Waals surface area contributed by atoms with Crippen molar-refractivity contribution in [3.8, 4) is 0 Å². The fraction of sp³-hybridized carbons (Fsp3) is 0. The molecule has 0 saturated carbocycles. The van der Waals surface area contributed by atoms with Crippen LogP contribution < -0.4 is 16.0 Å². The van der Waals surface area contributed by atoms with Crippen LogP contribution in [-0.4, -0.2) is 15.9 Å². The maximum absolute atomic E-state index is 14.2. The lowest BCUT2D eigenvalue weighted by Gasteiger charge is -2.12. The lowest BCUT2D eigenvalue weighted by Crippen LogP contribution is -2.12. The van der Waals surface area contributed by atoms with Gasteiger partial charge in [-0.2, -0.15) is 0 Å². The molecule has 0 aliphatic heterocycles. The van der Waals surface area contributed by atoms with Crippen molar-refractivity contribution < 1.29 is 13.6 Å². The molecule has 0 radical (unpaired) electrons. The number of benzene rings is 3. The number of nitrogens with one attached hydrogen (secondary N) is 3. The molecule has 0 spiro atoms. The first-order valence-electron chi connectivity index (χ1n) is 10.7. The molecule has 5 aromatic rings. The molecule has 3 N–H and O–H groups in total. The van der Waals surface area contributed by atoms with Gasteiger partial charge in [0.1, 0.15) is 11.6 Å². The maximum Gasteiger partial charge on any atom is 0.255 e. The number of amides is 1. The third-order valence-electron chi connectivity index (χ3n) is 5.23. The van der Waals surface area contributed by atoms with Gasteiger partial charge >= 0.3 is 0 Å². The van der Waals surface area contributed by atoms with Gasteiger partial charge in [-0.15, -0.1) is 0 Å². The molecule has 5 rings (SSSR count). The lowest BCUT2D eigenvalue weighted by molar-refractivity contribution is 0.102. The minimum absolute atomic E-state index is 0.306. The topological polar surface area (TPSA) is 78.9 Å². The monoisotopic (exact) mass is 467 g/mol. The molecule has 6 nitrogen and oxygen atoms in total. The fourth-order valence-electron chi connectivity index (χ4n) is 3.66. The van der Waals surface area contributed by atoms with Crippen molar-refractivity contribution in [1.29, 1.82) is 0 Å². The summed E-state index contributed by atoms with van der Waals surface area (Å²) < 4.78 is 28.0. The number of aromatic nitrogens is 2. The number of rotatable bonds is 6. The van der Waals surface area contributed by atoms with E-state index in [1.807, 2.05) is 0 Å². The Morgan fingerprint density at radius 3 is 2.37 bits per heavy atom. The molecular formula is C27H19F2N5O. The minimum atomic E-state index is -0.494. The highest BCUT2D eigenvalue weighted by Gasteiger charge is 2.10. The van der Waals surface area contributed by atoms with E-state index in [0.717, 1.165) is 5.69 Å². The first kappa shape index (κ1) is 22.0. The zero-order valence-electron chi connectivity index (χ0n) is 18.3. The van der Waals surface area contributed by atoms with E-state index in [4.69, 9.17) is 0 Å². The maximum atomic E-state index is 14.2. The second kappa shape index (κ2) is 9.56. The molecule has 2 heterocycles. The van der Waals surface area contributed by atoms with Gasteiger partial charge < -0.3 is 16.0 Å². The van der Waals surface area contributed by atoms with Gasteiger partial charge in [-0.05, 0) is 72.8 Å². The molecule has 0 bridgehead atoms. The van der Waals surface area contributed by atoms with E-state index in [0.29, 0.717) is 39.2 Å². The Hall–Kier alpha value is -4.85. The van der Waals surface area contributed by atoms with Crippen LogP contribution in [0.15, 0.2) is 97.5 Å². The van der Waals surface area contributed by atoms with Crippen molar-refractivity contribution in [3.63, 3.8) is 0 Å². The van der Waals surface area contributed by atoms with Gasteiger partial charge in [0, 0.05) is 58.0 Å². The molecule has 1 amide bonds. The summed E-state index contributed by atoms with van der Waals surface area (Å²) in [5.74, 6) is -1.26. The smallest absolute Gasteiger partial charge is 0.255 e. The molecular weight excluding hydrogens is 448 g/mol. The van der Waals surface area contributed by atoms with E-state index < -0.39 is 11.7 Å². The van der Waals surface area contributed by atoms with Gasteiger partial charge in [0.2, 0.25) is 0 Å². The summed E-state index contributed by atoms with van der Waals surface area (Å²) in [4.78, 5) is 21.1. The summed E-state index contributed by atoms with van der Waals surface area (Å²) in [6.45, 7) is 0. The molecule has 2 aromatic heterocycles. The van der Waals surface area contributed by atoms with Crippen LogP contribution in [0.4, 0.5) is 37.2 Å². The minimum Gasteiger partial charge on any atom is -0.355 e. The quantitative estimate of drug-likeness (QED) is 0.261. The van der Waals surface area contributed by atoms with Crippen molar-refractivity contribution in [2.45, 2.75) is 0 Å². The summed E-state index contributed by atoms with van der Waals surface area (Å²) in [5, 5.41) is 9.65. The zero-order valence-corrected chi connectivity index (χ0v) is 18.3. The van der Waals surface area contributed by atoms with Crippen molar-refractivity contribution >= 4 is 45.2 Å². The molecule has 0 unspecified atom stereocenters. The molecule has 35 heavy (non-hydrogen) atoms. The Balaban J connectivity index is 1.35. The van der Waals surface area contributed by atoms with Crippen LogP contribution in [0.3, 0.4) is 0 Å². The summed E-state index contributed by atoms with van der Waals surface area (Å²) in [6.07, 6.45) is 4.87. The number of carbonyl (C=O) groups is 1. The Bertz CT molecular complexity index is 1530. The largest absolute Gasteiger partial charge is 0.355 e. The third kappa shape index (κ3) is 5.22. The average molecular weight is 467 g/mol. The Morgan fingerprint density at radius 1 is 0.686 bits per heavy atom. The second-order valence-electron chi connectivity index (χ2n) is 7.77. The molecule has 0 aliphatic rings. The highest BCUT2D eigenvalue weighted by atomic mass is 19.1. The van der Waals surface area contributed by atoms with Crippen LogP contribution in [0, 0.1) is 11.6 Å². The van der Waals surface area contributed by atoms with Gasteiger partial charge in [0.15, 0.2) is 0 Å². The molecule has 0 fully saturated rings. The number of fused-ring (bicyclic) bond motifs is 1. The molecule has 0 atom stereocenters. The molecule has 8 heteroatoms. The Morgan fingerprint density at radius 2 is 1.51 bits per heavy atom. The summed E-state index contributed by atoms with van der Waals surface area (Å²) >= 11 is 0. The van der Waals surface area contributed by atoms with E-state index in [9.17, 15) is 13.6 Å². The van der Waals surface area contributed by atoms with Gasteiger partial charge in [-0.25, -0.2) is 8.78 Å². The number of halogens is 2. The number of pyridine rings is 2. The van der Waals surface area contributed by atoms with Crippen LogP contribution in [0.2, 0.25) is 0 Å². The van der Waals surface area contributed by atoms with E-state index in [2.05, 4.69) is 25.9 Å². The zero-order chi connectivity index (χ0) is 24.2. The normalized spacial score (nSPS) is 10.7. The van der Waals surface area contributed by atoms with E-state index in [-0.39, 0.29) is 5.82 Å². The predicted octanol–water partition coefficient (Wildman–Crippen LogP) is 6.65. The number of carbonyl (C=O) groups excluding carboxylic acids is 1. The SMILES string of the molecule is O=C(Nc1cc(F)cc(Nc2ccncc2)c1)c1cccc(Nc2ccnc3ccc(F)cc23)c1. The van der Waals surface area contributed by atoms with Crippen molar-refractivity contribution in [2.24, 2.45) is 0 Å². The van der Waals surface area contributed by atoms with Crippen LogP contribution in [0.1, 0.15) is 10.4 Å². The highest BCUT2D eigenvalue weighted by molar-refractivity contribution is 6.05. The second-order valence-corrected chi connectivity index (χ2v) is 7.77. The fourth-order valence-corrected chi connectivity index (χ4v) is 3.66. The van der Waals surface area contributed by atoms with Crippen molar-refractivity contribution in [1.82, 2.24) is 9.97 Å². The number of anilines is 5. The highest BCUT2D eigenvalue weighted by Crippen LogP contribution is 2.27.